The van der Waals surface area contributed by atoms with Crippen LogP contribution in [0.15, 0.2) is 30.3 Å². The van der Waals surface area contributed by atoms with Crippen LogP contribution in [0.25, 0.3) is 0 Å². The summed E-state index contributed by atoms with van der Waals surface area (Å²) in [5, 5.41) is 0. The lowest BCUT2D eigenvalue weighted by Crippen LogP contribution is -2.18. The molecule has 0 aliphatic carbocycles. The zero-order chi connectivity index (χ0) is 10.2. The summed E-state index contributed by atoms with van der Waals surface area (Å²) in [6.07, 6.45) is -0.0161. The first-order valence-corrected chi connectivity index (χ1v) is 4.99. The van der Waals surface area contributed by atoms with Crippen molar-refractivity contribution in [2.24, 2.45) is 0 Å². The number of hydrogen-bond donors (Lipinski definition) is 0. The van der Waals surface area contributed by atoms with E-state index in [2.05, 4.69) is 0 Å². The largest absolute Gasteiger partial charge is 0.455 e. The number of carbonyl (C=O) groups is 1. The van der Waals surface area contributed by atoms with Crippen LogP contribution >= 0.6 is 23.2 Å². The zero-order valence-corrected chi connectivity index (χ0v) is 8.76. The topological polar surface area (TPSA) is 26.3 Å². The molecule has 0 amide bonds. The minimum Gasteiger partial charge on any atom is -0.455 e. The molecule has 1 unspecified atom stereocenters. The van der Waals surface area contributed by atoms with E-state index in [9.17, 15) is 4.79 Å². The second-order valence-electron chi connectivity index (χ2n) is 3.21. The van der Waals surface area contributed by atoms with E-state index >= 15 is 0 Å². The van der Waals surface area contributed by atoms with E-state index in [-0.39, 0.29) is 6.10 Å². The maximum atomic E-state index is 11.2. The molecule has 2 rings (SSSR count). The third kappa shape index (κ3) is 1.72. The molecule has 1 aromatic rings. The molecule has 4 heteroatoms. The van der Waals surface area contributed by atoms with Crippen LogP contribution in [0.5, 0.6) is 0 Å². The van der Waals surface area contributed by atoms with Crippen LogP contribution in [-0.4, -0.2) is 10.3 Å². The molecule has 0 spiro atoms. The van der Waals surface area contributed by atoms with Gasteiger partial charge in [0.05, 0.1) is 0 Å². The molecular weight excluding hydrogens is 223 g/mol. The van der Waals surface area contributed by atoms with Crippen molar-refractivity contribution in [3.05, 3.63) is 35.9 Å². The number of alkyl halides is 2. The molecule has 0 N–H and O–H groups in total. The predicted molar refractivity (Wildman–Crippen MR) is 54.3 cm³/mol. The number of carbonyl (C=O) groups excluding carboxylic acids is 1. The van der Waals surface area contributed by atoms with Crippen molar-refractivity contribution < 1.29 is 9.53 Å². The summed E-state index contributed by atoms with van der Waals surface area (Å²) in [5.74, 6) is -0.560. The Hall–Kier alpha value is -0.730. The number of hydrogen-bond acceptors (Lipinski definition) is 2. The minimum absolute atomic E-state index is 0.305. The Morgan fingerprint density at radius 3 is 2.43 bits per heavy atom. The van der Waals surface area contributed by atoms with Gasteiger partial charge >= 0.3 is 5.97 Å². The molecule has 2 nitrogen and oxygen atoms in total. The standard InChI is InChI=1S/C10H8Cl2O2/c11-10(12)6-8(14-9(10)13)7-4-2-1-3-5-7/h1-5,8H,6H2. The molecule has 74 valence electrons. The SMILES string of the molecule is O=C1OC(c2ccccc2)CC1(Cl)Cl. The zero-order valence-electron chi connectivity index (χ0n) is 7.24. The van der Waals surface area contributed by atoms with Crippen molar-refractivity contribution in [2.75, 3.05) is 0 Å². The summed E-state index contributed by atoms with van der Waals surface area (Å²) in [7, 11) is 0. The maximum absolute atomic E-state index is 11.2. The van der Waals surface area contributed by atoms with E-state index < -0.39 is 10.3 Å². The number of rotatable bonds is 1. The van der Waals surface area contributed by atoms with E-state index in [1.807, 2.05) is 30.3 Å². The van der Waals surface area contributed by atoms with Gasteiger partial charge in [-0.25, -0.2) is 4.79 Å². The highest BCUT2D eigenvalue weighted by molar-refractivity contribution is 6.57. The molecule has 0 radical (unpaired) electrons. The van der Waals surface area contributed by atoms with Crippen LogP contribution in [0.3, 0.4) is 0 Å². The fraction of sp³-hybridized carbons (Fsp3) is 0.300. The number of cyclic esters (lactones) is 1. The van der Waals surface area contributed by atoms with Gasteiger partial charge in [-0.2, -0.15) is 0 Å². The molecule has 1 heterocycles. The van der Waals surface area contributed by atoms with Crippen molar-refractivity contribution in [3.8, 4) is 0 Å². The number of benzene rings is 1. The Balaban J connectivity index is 2.21. The van der Waals surface area contributed by atoms with Crippen molar-refractivity contribution in [3.63, 3.8) is 0 Å². The average molecular weight is 231 g/mol. The lowest BCUT2D eigenvalue weighted by Gasteiger charge is -2.08. The van der Waals surface area contributed by atoms with E-state index in [1.54, 1.807) is 0 Å². The monoisotopic (exact) mass is 230 g/mol. The molecule has 1 fully saturated rings. The van der Waals surface area contributed by atoms with Crippen LogP contribution in [-0.2, 0) is 9.53 Å². The third-order valence-corrected chi connectivity index (χ3v) is 2.78. The highest BCUT2D eigenvalue weighted by Crippen LogP contribution is 2.42. The van der Waals surface area contributed by atoms with Crippen LogP contribution in [0.4, 0.5) is 0 Å². The maximum Gasteiger partial charge on any atom is 0.343 e. The summed E-state index contributed by atoms with van der Waals surface area (Å²) in [6, 6.07) is 9.42. The fourth-order valence-electron chi connectivity index (χ4n) is 1.43. The van der Waals surface area contributed by atoms with Crippen LogP contribution < -0.4 is 0 Å². The molecule has 0 aromatic heterocycles. The van der Waals surface area contributed by atoms with Crippen LogP contribution in [0.1, 0.15) is 18.1 Å². The first-order valence-electron chi connectivity index (χ1n) is 4.23. The predicted octanol–water partition coefficient (Wildman–Crippen LogP) is 2.85. The van der Waals surface area contributed by atoms with Gasteiger partial charge in [0.1, 0.15) is 6.10 Å². The lowest BCUT2D eigenvalue weighted by atomic mass is 10.1. The van der Waals surface area contributed by atoms with Gasteiger partial charge in [-0.3, -0.25) is 0 Å². The van der Waals surface area contributed by atoms with Crippen molar-refractivity contribution >= 4 is 29.2 Å². The number of halogens is 2. The van der Waals surface area contributed by atoms with Gasteiger partial charge in [-0.1, -0.05) is 53.5 Å². The van der Waals surface area contributed by atoms with E-state index in [4.69, 9.17) is 27.9 Å². The molecule has 1 aliphatic heterocycles. The molecule has 1 aliphatic rings. The Morgan fingerprint density at radius 1 is 1.29 bits per heavy atom. The minimum atomic E-state index is -1.39. The fourth-order valence-corrected chi connectivity index (χ4v) is 1.80. The second kappa shape index (κ2) is 3.44. The number of esters is 1. The van der Waals surface area contributed by atoms with Gasteiger partial charge in [0, 0.05) is 6.42 Å². The summed E-state index contributed by atoms with van der Waals surface area (Å²) in [4.78, 5) is 11.2. The second-order valence-corrected chi connectivity index (χ2v) is 4.70. The molecule has 0 bridgehead atoms. The first-order chi connectivity index (χ1) is 6.59. The molecule has 1 saturated heterocycles. The molecular formula is C10H8Cl2O2. The molecule has 1 aromatic carbocycles. The smallest absolute Gasteiger partial charge is 0.343 e. The Labute approximate surface area is 91.8 Å². The third-order valence-electron chi connectivity index (χ3n) is 2.16. The summed E-state index contributed by atoms with van der Waals surface area (Å²) >= 11 is 11.5. The summed E-state index contributed by atoms with van der Waals surface area (Å²) in [5.41, 5.74) is 0.920. The van der Waals surface area contributed by atoms with Crippen LogP contribution in [0, 0.1) is 0 Å². The summed E-state index contributed by atoms with van der Waals surface area (Å²) < 4.78 is 3.67. The summed E-state index contributed by atoms with van der Waals surface area (Å²) in [6.45, 7) is 0. The quantitative estimate of drug-likeness (QED) is 0.548. The van der Waals surface area contributed by atoms with E-state index in [0.717, 1.165) is 5.56 Å². The number of ether oxygens (including phenoxy) is 1. The first kappa shape index (κ1) is 9.81. The van der Waals surface area contributed by atoms with Crippen molar-refractivity contribution in [2.45, 2.75) is 16.9 Å². The van der Waals surface area contributed by atoms with Crippen LogP contribution in [0.2, 0.25) is 0 Å². The van der Waals surface area contributed by atoms with E-state index in [1.165, 1.54) is 0 Å². The molecule has 1 atom stereocenters. The van der Waals surface area contributed by atoms with Crippen molar-refractivity contribution in [1.29, 1.82) is 0 Å². The van der Waals surface area contributed by atoms with Crippen molar-refractivity contribution in [1.82, 2.24) is 0 Å². The van der Waals surface area contributed by atoms with Gasteiger partial charge in [-0.05, 0) is 5.56 Å². The Kier molecular flexibility index (Phi) is 2.41. The molecule has 14 heavy (non-hydrogen) atoms. The highest BCUT2D eigenvalue weighted by atomic mass is 35.5. The Bertz CT molecular complexity index is 348. The Morgan fingerprint density at radius 2 is 1.93 bits per heavy atom. The van der Waals surface area contributed by atoms with Gasteiger partial charge in [0.25, 0.3) is 0 Å². The highest BCUT2D eigenvalue weighted by Gasteiger charge is 2.46. The lowest BCUT2D eigenvalue weighted by molar-refractivity contribution is -0.142. The van der Waals surface area contributed by atoms with Gasteiger partial charge in [0.15, 0.2) is 0 Å². The van der Waals surface area contributed by atoms with Gasteiger partial charge in [-0.15, -0.1) is 0 Å². The van der Waals surface area contributed by atoms with Gasteiger partial charge in [0.2, 0.25) is 4.33 Å². The average Bonchev–Trinajstić information content (AvgIpc) is 2.43. The normalized spacial score (nSPS) is 24.7. The van der Waals surface area contributed by atoms with E-state index in [0.29, 0.717) is 6.42 Å². The van der Waals surface area contributed by atoms with Gasteiger partial charge < -0.3 is 4.74 Å². The molecule has 0 saturated carbocycles.